The maximum atomic E-state index is 12.7. The molecule has 1 atom stereocenters. The van der Waals surface area contributed by atoms with Gasteiger partial charge in [0.05, 0.1) is 28.5 Å². The highest BCUT2D eigenvalue weighted by molar-refractivity contribution is 6.33. The molecule has 2 N–H and O–H groups in total. The number of hydrazone groups is 1. The third-order valence-electron chi connectivity index (χ3n) is 5.10. The van der Waals surface area contributed by atoms with Crippen molar-refractivity contribution in [1.82, 2.24) is 10.7 Å². The lowest BCUT2D eigenvalue weighted by atomic mass is 10.0. The molecule has 0 fully saturated rings. The first-order valence-corrected chi connectivity index (χ1v) is 11.8. The van der Waals surface area contributed by atoms with Gasteiger partial charge in [-0.15, -0.1) is 0 Å². The molecule has 0 saturated carbocycles. The summed E-state index contributed by atoms with van der Waals surface area (Å²) in [7, 11) is 0. The monoisotopic (exact) mass is 509 g/mol. The van der Waals surface area contributed by atoms with Gasteiger partial charge in [0, 0.05) is 5.56 Å². The first kappa shape index (κ1) is 26.7. The predicted molar refractivity (Wildman–Crippen MR) is 138 cm³/mol. The maximum absolute atomic E-state index is 12.7. The topological polar surface area (TPSA) is 110 Å². The molecule has 3 aromatic rings. The second-order valence-corrected chi connectivity index (χ2v) is 9.02. The lowest BCUT2D eigenvalue weighted by Gasteiger charge is -2.20. The maximum Gasteiger partial charge on any atom is 0.339 e. The average molecular weight is 510 g/mol. The summed E-state index contributed by atoms with van der Waals surface area (Å²) < 4.78 is 11.1. The fourth-order valence-corrected chi connectivity index (χ4v) is 3.57. The van der Waals surface area contributed by atoms with Crippen LogP contribution in [0.3, 0.4) is 0 Å². The summed E-state index contributed by atoms with van der Waals surface area (Å²) in [6.45, 7) is 7.17. The lowest BCUT2D eigenvalue weighted by molar-refractivity contribution is -0.123. The molecule has 0 aliphatic rings. The van der Waals surface area contributed by atoms with Crippen molar-refractivity contribution in [3.63, 3.8) is 0 Å². The van der Waals surface area contributed by atoms with E-state index in [9.17, 15) is 14.4 Å². The average Bonchev–Trinajstić information content (AvgIpc) is 3.30. The Balaban J connectivity index is 1.68. The minimum atomic E-state index is -0.836. The van der Waals surface area contributed by atoms with Crippen LogP contribution in [0, 0.1) is 5.92 Å². The van der Waals surface area contributed by atoms with Gasteiger partial charge in [-0.2, -0.15) is 5.10 Å². The minimum absolute atomic E-state index is 0.205. The number of furan rings is 1. The molecule has 0 saturated heterocycles. The zero-order valence-electron chi connectivity index (χ0n) is 20.4. The van der Waals surface area contributed by atoms with Crippen LogP contribution in [-0.4, -0.2) is 36.1 Å². The number of amides is 2. The first-order valence-electron chi connectivity index (χ1n) is 11.5. The van der Waals surface area contributed by atoms with E-state index in [-0.39, 0.29) is 17.6 Å². The summed E-state index contributed by atoms with van der Waals surface area (Å²) in [5.74, 6) is -0.786. The third-order valence-corrected chi connectivity index (χ3v) is 5.43. The van der Waals surface area contributed by atoms with E-state index in [0.717, 1.165) is 0 Å². The van der Waals surface area contributed by atoms with E-state index < -0.39 is 23.8 Å². The number of hydrogen-bond acceptors (Lipinski definition) is 6. The number of nitrogens with zero attached hydrogens (tertiary/aromatic N) is 1. The Kier molecular flexibility index (Phi) is 9.02. The van der Waals surface area contributed by atoms with Crippen molar-refractivity contribution in [3.05, 3.63) is 82.6 Å². The zero-order valence-corrected chi connectivity index (χ0v) is 21.2. The Bertz CT molecular complexity index is 1270. The van der Waals surface area contributed by atoms with Gasteiger partial charge in [-0.05, 0) is 50.1 Å². The van der Waals surface area contributed by atoms with Crippen LogP contribution in [0.25, 0.3) is 11.3 Å². The minimum Gasteiger partial charge on any atom is -0.459 e. The van der Waals surface area contributed by atoms with Gasteiger partial charge in [0.1, 0.15) is 17.6 Å². The van der Waals surface area contributed by atoms with E-state index in [1.54, 1.807) is 88.4 Å². The van der Waals surface area contributed by atoms with E-state index in [0.29, 0.717) is 27.7 Å². The van der Waals surface area contributed by atoms with Gasteiger partial charge in [0.15, 0.2) is 0 Å². The molecule has 0 spiro atoms. The normalized spacial score (nSPS) is 12.1. The van der Waals surface area contributed by atoms with Crippen LogP contribution in [0.15, 0.2) is 70.2 Å². The van der Waals surface area contributed by atoms with Crippen molar-refractivity contribution in [3.8, 4) is 11.3 Å². The molecule has 1 unspecified atom stereocenters. The lowest BCUT2D eigenvalue weighted by Crippen LogP contribution is -2.48. The number of ether oxygens (including phenoxy) is 1. The van der Waals surface area contributed by atoms with Crippen molar-refractivity contribution in [2.75, 3.05) is 0 Å². The highest BCUT2D eigenvalue weighted by Crippen LogP contribution is 2.26. The number of halogens is 1. The summed E-state index contributed by atoms with van der Waals surface area (Å²) in [4.78, 5) is 37.7. The number of carbonyl (C=O) groups excluding carboxylic acids is 3. The summed E-state index contributed by atoms with van der Waals surface area (Å²) in [5, 5.41) is 6.96. The molecule has 8 nitrogen and oxygen atoms in total. The molecule has 9 heteroatoms. The van der Waals surface area contributed by atoms with Gasteiger partial charge in [0.2, 0.25) is 0 Å². The molecule has 36 heavy (non-hydrogen) atoms. The fourth-order valence-electron chi connectivity index (χ4n) is 3.35. The standard InChI is InChI=1S/C27H28ClN3O5/c1-16(2)24(30-25(32)21-11-7-8-12-22(21)28)26(33)31-29-15-18-13-14-23(36-18)19-9-5-6-10-20(19)27(34)35-17(3)4/h5-17,24H,1-4H3,(H,30,32)(H,31,33)/b29-15-. The molecule has 3 rings (SSSR count). The first-order chi connectivity index (χ1) is 17.2. The van der Waals surface area contributed by atoms with Gasteiger partial charge < -0.3 is 14.5 Å². The number of hydrogen-bond donors (Lipinski definition) is 2. The van der Waals surface area contributed by atoms with E-state index in [4.69, 9.17) is 20.8 Å². The molecule has 188 valence electrons. The number of rotatable bonds is 9. The second-order valence-electron chi connectivity index (χ2n) is 8.61. The molecule has 0 bridgehead atoms. The van der Waals surface area contributed by atoms with E-state index >= 15 is 0 Å². The Morgan fingerprint density at radius 3 is 2.28 bits per heavy atom. The van der Waals surface area contributed by atoms with E-state index in [1.807, 2.05) is 0 Å². The Morgan fingerprint density at radius 1 is 0.944 bits per heavy atom. The molecule has 1 aromatic heterocycles. The van der Waals surface area contributed by atoms with Crippen LogP contribution in [0.1, 0.15) is 54.2 Å². The predicted octanol–water partition coefficient (Wildman–Crippen LogP) is 5.07. The van der Waals surface area contributed by atoms with Crippen molar-refractivity contribution in [2.45, 2.75) is 39.8 Å². The number of carbonyl (C=O) groups is 3. The highest BCUT2D eigenvalue weighted by Gasteiger charge is 2.25. The van der Waals surface area contributed by atoms with Crippen molar-refractivity contribution in [2.24, 2.45) is 11.0 Å². The van der Waals surface area contributed by atoms with Crippen molar-refractivity contribution < 1.29 is 23.5 Å². The molecule has 0 radical (unpaired) electrons. The largest absolute Gasteiger partial charge is 0.459 e. The van der Waals surface area contributed by atoms with Crippen LogP contribution in [-0.2, 0) is 9.53 Å². The van der Waals surface area contributed by atoms with Crippen molar-refractivity contribution >= 4 is 35.6 Å². The van der Waals surface area contributed by atoms with E-state index in [2.05, 4.69) is 15.8 Å². The summed E-state index contributed by atoms with van der Waals surface area (Å²) in [5.41, 5.74) is 3.67. The van der Waals surface area contributed by atoms with Gasteiger partial charge in [-0.25, -0.2) is 10.2 Å². The zero-order chi connectivity index (χ0) is 26.2. The number of benzene rings is 2. The Labute approximate surface area is 214 Å². The molecule has 2 amide bonds. The van der Waals surface area contributed by atoms with Crippen LogP contribution >= 0.6 is 11.6 Å². The quantitative estimate of drug-likeness (QED) is 0.238. The van der Waals surface area contributed by atoms with Gasteiger partial charge in [-0.1, -0.05) is 55.8 Å². The number of esters is 1. The molecular weight excluding hydrogens is 482 g/mol. The summed E-state index contributed by atoms with van der Waals surface area (Å²) in [6.07, 6.45) is 1.08. The molecular formula is C27H28ClN3O5. The highest BCUT2D eigenvalue weighted by atomic mass is 35.5. The summed E-state index contributed by atoms with van der Waals surface area (Å²) >= 11 is 6.09. The smallest absolute Gasteiger partial charge is 0.339 e. The molecule has 1 heterocycles. The SMILES string of the molecule is CC(C)OC(=O)c1ccccc1-c1ccc(/C=N\NC(=O)C(NC(=O)c2ccccc2Cl)C(C)C)o1. The molecule has 2 aromatic carbocycles. The number of nitrogens with one attached hydrogen (secondary N) is 2. The van der Waals surface area contributed by atoms with Gasteiger partial charge in [-0.3, -0.25) is 9.59 Å². The van der Waals surface area contributed by atoms with Crippen LogP contribution in [0.4, 0.5) is 0 Å². The Morgan fingerprint density at radius 2 is 1.61 bits per heavy atom. The van der Waals surface area contributed by atoms with Crippen LogP contribution in [0.2, 0.25) is 5.02 Å². The Hall–Kier alpha value is -3.91. The van der Waals surface area contributed by atoms with Crippen LogP contribution in [0.5, 0.6) is 0 Å². The third kappa shape index (κ3) is 6.82. The van der Waals surface area contributed by atoms with E-state index in [1.165, 1.54) is 6.21 Å². The van der Waals surface area contributed by atoms with Crippen molar-refractivity contribution in [1.29, 1.82) is 0 Å². The van der Waals surface area contributed by atoms with Gasteiger partial charge in [0.25, 0.3) is 11.8 Å². The fraction of sp³-hybridized carbons (Fsp3) is 0.259. The molecule has 0 aliphatic heterocycles. The second kappa shape index (κ2) is 12.2. The summed E-state index contributed by atoms with van der Waals surface area (Å²) in [6, 6.07) is 16.1. The van der Waals surface area contributed by atoms with Crippen LogP contribution < -0.4 is 10.7 Å². The molecule has 0 aliphatic carbocycles. The van der Waals surface area contributed by atoms with Gasteiger partial charge >= 0.3 is 5.97 Å².